The molecule has 0 radical (unpaired) electrons. The van der Waals surface area contributed by atoms with Crippen LogP contribution in [0.4, 0.5) is 13.2 Å². The molecule has 2 aromatic heterocycles. The molecule has 31 heavy (non-hydrogen) atoms. The van der Waals surface area contributed by atoms with Crippen molar-refractivity contribution in [1.29, 1.82) is 0 Å². The Hall–Kier alpha value is -3.83. The number of alkyl halides is 3. The second-order valence-electron chi connectivity index (χ2n) is 6.27. The number of carbonyl (C=O) groups is 2. The maximum Gasteiger partial charge on any atom is 0.573 e. The Morgan fingerprint density at radius 2 is 1.77 bits per heavy atom. The predicted molar refractivity (Wildman–Crippen MR) is 101 cm³/mol. The molecule has 0 saturated heterocycles. The Kier molecular flexibility index (Phi) is 7.77. The van der Waals surface area contributed by atoms with E-state index in [-0.39, 0.29) is 18.6 Å². The van der Waals surface area contributed by atoms with Crippen molar-refractivity contribution in [3.05, 3.63) is 54.6 Å². The van der Waals surface area contributed by atoms with Crippen LogP contribution < -0.4 is 4.74 Å². The number of carboxylic acids is 2. The van der Waals surface area contributed by atoms with Gasteiger partial charge in [-0.15, -0.1) is 13.2 Å². The van der Waals surface area contributed by atoms with Crippen LogP contribution in [0, 0.1) is 0 Å². The summed E-state index contributed by atoms with van der Waals surface area (Å²) in [6.07, 6.45) is -0.124. The third-order valence-corrected chi connectivity index (χ3v) is 3.68. The van der Waals surface area contributed by atoms with Crippen molar-refractivity contribution in [2.45, 2.75) is 25.7 Å². The molecule has 0 aliphatic rings. The third-order valence-electron chi connectivity index (χ3n) is 3.68. The van der Waals surface area contributed by atoms with E-state index in [9.17, 15) is 22.8 Å². The number of carboxylic acid groups (broad SMARTS) is 2. The summed E-state index contributed by atoms with van der Waals surface area (Å²) in [6, 6.07) is 7.67. The number of aromatic nitrogens is 4. The Labute approximate surface area is 174 Å². The fourth-order valence-corrected chi connectivity index (χ4v) is 2.40. The molecule has 0 unspecified atom stereocenters. The lowest BCUT2D eigenvalue weighted by molar-refractivity contribution is -0.274. The summed E-state index contributed by atoms with van der Waals surface area (Å²) in [7, 11) is 1.82. The van der Waals surface area contributed by atoms with Crippen LogP contribution in [0.15, 0.2) is 48.9 Å². The van der Waals surface area contributed by atoms with Gasteiger partial charge in [0.15, 0.2) is 0 Å². The summed E-state index contributed by atoms with van der Waals surface area (Å²) >= 11 is 0. The summed E-state index contributed by atoms with van der Waals surface area (Å²) in [5.74, 6) is -2.41. The number of aliphatic carboxylic acids is 2. The molecule has 1 aromatic carbocycles. The summed E-state index contributed by atoms with van der Waals surface area (Å²) < 4.78 is 44.1. The number of ether oxygens (including phenoxy) is 1. The zero-order valence-electron chi connectivity index (χ0n) is 16.3. The Morgan fingerprint density at radius 3 is 2.32 bits per heavy atom. The van der Waals surface area contributed by atoms with Gasteiger partial charge >= 0.3 is 18.3 Å². The lowest BCUT2D eigenvalue weighted by atomic mass is 10.1. The van der Waals surface area contributed by atoms with Crippen LogP contribution in [-0.4, -0.2) is 48.1 Å². The number of aryl methyl sites for hydroxylation is 1. The molecule has 0 aliphatic heterocycles. The molecule has 3 rings (SSSR count). The average molecular weight is 440 g/mol. The summed E-state index contributed by atoms with van der Waals surface area (Å²) in [6.45, 7) is 0.486. The van der Waals surface area contributed by atoms with Gasteiger partial charge in [0.25, 0.3) is 0 Å². The quantitative estimate of drug-likeness (QED) is 0.579. The van der Waals surface area contributed by atoms with Gasteiger partial charge in [-0.3, -0.25) is 19.0 Å². The molecule has 2 heterocycles. The van der Waals surface area contributed by atoms with E-state index in [0.29, 0.717) is 17.7 Å². The van der Waals surface area contributed by atoms with Gasteiger partial charge < -0.3 is 14.9 Å². The fourth-order valence-electron chi connectivity index (χ4n) is 2.40. The fraction of sp³-hybridized carbons (Fsp3) is 0.263. The lowest BCUT2D eigenvalue weighted by Crippen LogP contribution is -2.17. The number of nitrogens with zero attached hydrogens (tertiary/aromatic N) is 4. The van der Waals surface area contributed by atoms with Gasteiger partial charge in [-0.2, -0.15) is 10.2 Å². The van der Waals surface area contributed by atoms with Crippen LogP contribution in [0.2, 0.25) is 0 Å². The zero-order valence-corrected chi connectivity index (χ0v) is 16.3. The Balaban J connectivity index is 0.000000366. The first-order chi connectivity index (χ1) is 14.5. The molecule has 0 spiro atoms. The van der Waals surface area contributed by atoms with E-state index < -0.39 is 18.3 Å². The monoisotopic (exact) mass is 440 g/mol. The van der Waals surface area contributed by atoms with Gasteiger partial charge in [0.2, 0.25) is 0 Å². The molecular weight excluding hydrogens is 421 g/mol. The van der Waals surface area contributed by atoms with Gasteiger partial charge in [0, 0.05) is 25.0 Å². The van der Waals surface area contributed by atoms with Gasteiger partial charge in [-0.05, 0) is 23.8 Å². The highest BCUT2D eigenvalue weighted by atomic mass is 19.4. The van der Waals surface area contributed by atoms with Crippen molar-refractivity contribution in [2.24, 2.45) is 7.05 Å². The second-order valence-corrected chi connectivity index (χ2v) is 6.27. The normalized spacial score (nSPS) is 10.8. The number of hydrogen-bond acceptors (Lipinski definition) is 5. The summed E-state index contributed by atoms with van der Waals surface area (Å²) in [5, 5.41) is 24.3. The first-order valence-corrected chi connectivity index (χ1v) is 8.82. The zero-order chi connectivity index (χ0) is 23.0. The number of rotatable bonds is 7. The first kappa shape index (κ1) is 23.4. The Bertz CT molecular complexity index is 1020. The maximum atomic E-state index is 12.3. The molecule has 0 atom stereocenters. The minimum absolute atomic E-state index is 0.257. The van der Waals surface area contributed by atoms with E-state index in [1.165, 1.54) is 18.2 Å². The van der Waals surface area contributed by atoms with Gasteiger partial charge in [-0.25, -0.2) is 0 Å². The molecule has 2 N–H and O–H groups in total. The highest BCUT2D eigenvalue weighted by Gasteiger charge is 2.31. The van der Waals surface area contributed by atoms with Gasteiger partial charge in [0.1, 0.15) is 5.75 Å². The highest BCUT2D eigenvalue weighted by Crippen LogP contribution is 2.27. The Morgan fingerprint density at radius 1 is 1.10 bits per heavy atom. The van der Waals surface area contributed by atoms with E-state index in [1.807, 2.05) is 19.3 Å². The lowest BCUT2D eigenvalue weighted by Gasteiger charge is -2.09. The SMILES string of the molecule is Cn1ccc(Cn2cc(-c3cccc(OC(F)(F)F)c3)cn2)n1.O=C(O)CCC(=O)O. The van der Waals surface area contributed by atoms with Crippen molar-refractivity contribution in [3.8, 4) is 16.9 Å². The van der Waals surface area contributed by atoms with E-state index in [4.69, 9.17) is 10.2 Å². The molecular formula is C19H19F3N4O5. The van der Waals surface area contributed by atoms with Crippen molar-refractivity contribution in [1.82, 2.24) is 19.6 Å². The predicted octanol–water partition coefficient (Wildman–Crippen LogP) is 3.17. The molecule has 0 bridgehead atoms. The highest BCUT2D eigenvalue weighted by molar-refractivity contribution is 5.75. The van der Waals surface area contributed by atoms with Crippen LogP contribution in [0.3, 0.4) is 0 Å². The standard InChI is InChI=1S/C15H13F3N4O.C4H6O4/c1-21-6-5-13(20-21)10-22-9-12(8-19-22)11-3-2-4-14(7-11)23-15(16,17)18;5-3(6)1-2-4(7)8/h2-9H,10H2,1H3;1-2H2,(H,5,6)(H,7,8). The number of halogens is 3. The van der Waals surface area contributed by atoms with Gasteiger partial charge in [-0.1, -0.05) is 12.1 Å². The molecule has 0 saturated carbocycles. The van der Waals surface area contributed by atoms with Gasteiger partial charge in [0.05, 0.1) is 31.3 Å². The minimum atomic E-state index is -4.71. The molecule has 0 amide bonds. The number of hydrogen-bond donors (Lipinski definition) is 2. The van der Waals surface area contributed by atoms with E-state index in [1.54, 1.807) is 27.8 Å². The molecule has 9 nitrogen and oxygen atoms in total. The third kappa shape index (κ3) is 8.60. The number of benzene rings is 1. The van der Waals surface area contributed by atoms with Crippen molar-refractivity contribution >= 4 is 11.9 Å². The average Bonchev–Trinajstić information content (AvgIpc) is 3.29. The van der Waals surface area contributed by atoms with Crippen LogP contribution in [0.25, 0.3) is 11.1 Å². The molecule has 0 aliphatic carbocycles. The van der Waals surface area contributed by atoms with Crippen molar-refractivity contribution < 1.29 is 37.7 Å². The molecule has 12 heteroatoms. The smallest absolute Gasteiger partial charge is 0.481 e. The summed E-state index contributed by atoms with van der Waals surface area (Å²) in [5.41, 5.74) is 2.14. The van der Waals surface area contributed by atoms with Crippen LogP contribution in [0.5, 0.6) is 5.75 Å². The first-order valence-electron chi connectivity index (χ1n) is 8.82. The molecule has 0 fully saturated rings. The van der Waals surface area contributed by atoms with E-state index >= 15 is 0 Å². The maximum absolute atomic E-state index is 12.3. The minimum Gasteiger partial charge on any atom is -0.481 e. The largest absolute Gasteiger partial charge is 0.573 e. The second kappa shape index (κ2) is 10.3. The van der Waals surface area contributed by atoms with E-state index in [2.05, 4.69) is 14.9 Å². The van der Waals surface area contributed by atoms with Crippen molar-refractivity contribution in [3.63, 3.8) is 0 Å². The van der Waals surface area contributed by atoms with Crippen molar-refractivity contribution in [2.75, 3.05) is 0 Å². The molecule has 166 valence electrons. The topological polar surface area (TPSA) is 119 Å². The van der Waals surface area contributed by atoms with Crippen LogP contribution >= 0.6 is 0 Å². The van der Waals surface area contributed by atoms with Crippen LogP contribution in [0.1, 0.15) is 18.5 Å². The summed E-state index contributed by atoms with van der Waals surface area (Å²) in [4.78, 5) is 19.3. The molecule has 3 aromatic rings. The van der Waals surface area contributed by atoms with E-state index in [0.717, 1.165) is 5.69 Å². The van der Waals surface area contributed by atoms with Crippen LogP contribution in [-0.2, 0) is 23.2 Å².